The topological polar surface area (TPSA) is 75.5 Å². The van der Waals surface area contributed by atoms with Crippen molar-refractivity contribution in [2.75, 3.05) is 42.6 Å². The first kappa shape index (κ1) is 23.4. The lowest BCUT2D eigenvalue weighted by Crippen LogP contribution is -2.35. The number of cyclic esters (lactones) is 1. The van der Waals surface area contributed by atoms with Crippen LogP contribution in [0.2, 0.25) is 0 Å². The molecule has 172 valence electrons. The van der Waals surface area contributed by atoms with Gasteiger partial charge in [0.1, 0.15) is 11.9 Å². The van der Waals surface area contributed by atoms with Gasteiger partial charge in [-0.3, -0.25) is 4.90 Å². The first-order valence-corrected chi connectivity index (χ1v) is 10.8. The number of piperidine rings is 1. The van der Waals surface area contributed by atoms with E-state index in [1.165, 1.54) is 11.0 Å². The minimum Gasteiger partial charge on any atom is -0.449 e. The molecule has 9 heteroatoms. The molecule has 3 rings (SSSR count). The molecule has 0 spiro atoms. The number of amides is 2. The molecule has 2 amide bonds. The van der Waals surface area contributed by atoms with E-state index in [9.17, 15) is 14.0 Å². The van der Waals surface area contributed by atoms with Crippen LogP contribution in [0, 0.1) is 18.3 Å². The van der Waals surface area contributed by atoms with Crippen LogP contribution in [0.15, 0.2) is 29.5 Å². The van der Waals surface area contributed by atoms with Gasteiger partial charge in [-0.2, -0.15) is 0 Å². The minimum absolute atomic E-state index is 0.118. The third kappa shape index (κ3) is 5.69. The van der Waals surface area contributed by atoms with Gasteiger partial charge in [0.2, 0.25) is 0 Å². The van der Waals surface area contributed by atoms with Crippen LogP contribution < -0.4 is 15.1 Å². The number of carbonyl (C=O) groups is 2. The van der Waals surface area contributed by atoms with Gasteiger partial charge in [-0.15, -0.1) is 0 Å². The zero-order chi connectivity index (χ0) is 23.3. The number of ether oxygens (including phenoxy) is 2. The molecule has 0 saturated carbocycles. The average molecular weight is 445 g/mol. The van der Waals surface area contributed by atoms with Crippen molar-refractivity contribution in [3.05, 3.63) is 46.7 Å². The monoisotopic (exact) mass is 444 g/mol. The Labute approximate surface area is 187 Å². The molecular formula is C23H29FN4O4. The summed E-state index contributed by atoms with van der Waals surface area (Å²) in [5.74, 6) is -0.187. The molecule has 0 aliphatic carbocycles. The quantitative estimate of drug-likeness (QED) is 0.661. The number of alkyl carbamates (subject to hydrolysis) is 1. The average Bonchev–Trinajstić information content (AvgIpc) is 3.16. The van der Waals surface area contributed by atoms with Crippen LogP contribution in [0.3, 0.4) is 0 Å². The highest BCUT2D eigenvalue weighted by molar-refractivity contribution is 5.90. The van der Waals surface area contributed by atoms with Crippen LogP contribution in [0.5, 0.6) is 0 Å². The lowest BCUT2D eigenvalue weighted by molar-refractivity contribution is 0.118. The van der Waals surface area contributed by atoms with E-state index in [1.54, 1.807) is 12.1 Å². The van der Waals surface area contributed by atoms with E-state index in [0.717, 1.165) is 24.1 Å². The molecule has 32 heavy (non-hydrogen) atoms. The Morgan fingerprint density at radius 2 is 2.09 bits per heavy atom. The largest absolute Gasteiger partial charge is 0.449 e. The summed E-state index contributed by atoms with van der Waals surface area (Å²) >= 11 is 0. The van der Waals surface area contributed by atoms with E-state index < -0.39 is 24.1 Å². The van der Waals surface area contributed by atoms with Gasteiger partial charge in [-0.25, -0.2) is 18.8 Å². The second kappa shape index (κ2) is 10.4. The molecule has 1 N–H and O–H groups in total. The van der Waals surface area contributed by atoms with Gasteiger partial charge in [0.05, 0.1) is 37.6 Å². The van der Waals surface area contributed by atoms with E-state index in [0.29, 0.717) is 31.1 Å². The molecule has 0 bridgehead atoms. The summed E-state index contributed by atoms with van der Waals surface area (Å²) in [5, 5.41) is 2.58. The summed E-state index contributed by atoms with van der Waals surface area (Å²) in [4.78, 5) is 30.8. The standard InChI is InChI=1S/C23H29FN4O4/c1-15(2)14-31-22(29)26-12-19-13-28(23(30)32-19)18-5-6-21(20(24)11-18)27-9-7-17(8-10-27)16(3)25-4/h5-6,11,15,19H,7-10,12-14H2,1-3H3,(H,26,29)/t19-/m0/s1. The van der Waals surface area contributed by atoms with E-state index in [1.807, 2.05) is 25.7 Å². The van der Waals surface area contributed by atoms with Crippen molar-refractivity contribution in [3.63, 3.8) is 0 Å². The fourth-order valence-corrected chi connectivity index (χ4v) is 3.71. The summed E-state index contributed by atoms with van der Waals surface area (Å²) < 4.78 is 25.2. The Morgan fingerprint density at radius 3 is 2.72 bits per heavy atom. The van der Waals surface area contributed by atoms with E-state index in [4.69, 9.17) is 16.0 Å². The third-order valence-electron chi connectivity index (χ3n) is 5.53. The van der Waals surface area contributed by atoms with Gasteiger partial charge in [-0.1, -0.05) is 19.4 Å². The number of hydrogen-bond acceptors (Lipinski definition) is 5. The highest BCUT2D eigenvalue weighted by Gasteiger charge is 2.33. The van der Waals surface area contributed by atoms with Crippen molar-refractivity contribution in [1.82, 2.24) is 5.32 Å². The van der Waals surface area contributed by atoms with Gasteiger partial charge in [0.25, 0.3) is 0 Å². The van der Waals surface area contributed by atoms with Crippen molar-refractivity contribution >= 4 is 23.6 Å². The van der Waals surface area contributed by atoms with Crippen LogP contribution in [0.1, 0.15) is 33.6 Å². The van der Waals surface area contributed by atoms with Gasteiger partial charge in [-0.05, 0) is 43.9 Å². The third-order valence-corrected chi connectivity index (χ3v) is 5.53. The highest BCUT2D eigenvalue weighted by atomic mass is 19.1. The van der Waals surface area contributed by atoms with Gasteiger partial charge in [0, 0.05) is 13.1 Å². The predicted molar refractivity (Wildman–Crippen MR) is 119 cm³/mol. The van der Waals surface area contributed by atoms with Gasteiger partial charge >= 0.3 is 12.2 Å². The van der Waals surface area contributed by atoms with Crippen molar-refractivity contribution in [1.29, 1.82) is 0 Å². The van der Waals surface area contributed by atoms with E-state index >= 15 is 0 Å². The maximum absolute atomic E-state index is 14.9. The Hall–Kier alpha value is -3.28. The number of benzene rings is 1. The molecule has 1 atom stereocenters. The Bertz CT molecular complexity index is 930. The van der Waals surface area contributed by atoms with Crippen LogP contribution in [0.25, 0.3) is 4.85 Å². The maximum atomic E-state index is 14.9. The molecular weight excluding hydrogens is 415 g/mol. The second-order valence-corrected chi connectivity index (χ2v) is 8.41. The number of nitrogens with one attached hydrogen (secondary N) is 1. The second-order valence-electron chi connectivity index (χ2n) is 8.41. The van der Waals surface area contributed by atoms with E-state index in [-0.39, 0.29) is 19.0 Å². The number of rotatable bonds is 6. The minimum atomic E-state index is -0.582. The summed E-state index contributed by atoms with van der Waals surface area (Å²) in [6.45, 7) is 14.7. The SMILES string of the molecule is [C-]#[N+]C(C)=C1CCN(c2ccc(N3C[C@H](CNC(=O)OCC(C)C)OC3=O)cc2F)CC1. The normalized spacial score (nSPS) is 18.4. The zero-order valence-corrected chi connectivity index (χ0v) is 18.7. The van der Waals surface area contributed by atoms with Crippen molar-refractivity contribution in [3.8, 4) is 0 Å². The lowest BCUT2D eigenvalue weighted by Gasteiger charge is -2.31. The fraction of sp³-hybridized carbons (Fsp3) is 0.522. The number of halogens is 1. The number of hydrogen-bond donors (Lipinski definition) is 1. The number of nitrogens with zero attached hydrogens (tertiary/aromatic N) is 3. The van der Waals surface area contributed by atoms with Gasteiger partial charge < -0.3 is 19.7 Å². The van der Waals surface area contributed by atoms with Crippen LogP contribution in [-0.4, -0.2) is 51.1 Å². The molecule has 2 fully saturated rings. The first-order valence-electron chi connectivity index (χ1n) is 10.8. The smallest absolute Gasteiger partial charge is 0.414 e. The van der Waals surface area contributed by atoms with E-state index in [2.05, 4.69) is 10.2 Å². The molecule has 0 aromatic heterocycles. The number of anilines is 2. The summed E-state index contributed by atoms with van der Waals surface area (Å²) in [6, 6.07) is 4.70. The predicted octanol–water partition coefficient (Wildman–Crippen LogP) is 4.33. The molecule has 1 aromatic rings. The van der Waals surface area contributed by atoms with Crippen molar-refractivity contribution in [2.24, 2.45) is 5.92 Å². The molecule has 1 aromatic carbocycles. The molecule has 2 aliphatic heterocycles. The summed E-state index contributed by atoms with van der Waals surface area (Å²) in [6.07, 6.45) is -0.212. The first-order chi connectivity index (χ1) is 15.3. The summed E-state index contributed by atoms with van der Waals surface area (Å²) in [7, 11) is 0. The van der Waals surface area contributed by atoms with Crippen LogP contribution in [0.4, 0.5) is 25.4 Å². The fourth-order valence-electron chi connectivity index (χ4n) is 3.71. The Morgan fingerprint density at radius 1 is 1.38 bits per heavy atom. The molecule has 2 heterocycles. The number of allylic oxidation sites excluding steroid dienone is 1. The Kier molecular flexibility index (Phi) is 7.57. The Balaban J connectivity index is 1.57. The summed E-state index contributed by atoms with van der Waals surface area (Å²) in [5.41, 5.74) is 2.74. The van der Waals surface area contributed by atoms with Crippen molar-refractivity contribution in [2.45, 2.75) is 39.7 Å². The molecule has 8 nitrogen and oxygen atoms in total. The van der Waals surface area contributed by atoms with Crippen molar-refractivity contribution < 1.29 is 23.5 Å². The van der Waals surface area contributed by atoms with Crippen LogP contribution >= 0.6 is 0 Å². The molecule has 2 saturated heterocycles. The maximum Gasteiger partial charge on any atom is 0.414 e. The lowest BCUT2D eigenvalue weighted by atomic mass is 10.0. The molecule has 2 aliphatic rings. The number of carbonyl (C=O) groups excluding carboxylic acids is 2. The molecule has 0 unspecified atom stereocenters. The van der Waals surface area contributed by atoms with Crippen LogP contribution in [-0.2, 0) is 9.47 Å². The zero-order valence-electron chi connectivity index (χ0n) is 18.7. The van der Waals surface area contributed by atoms with Gasteiger partial charge in [0.15, 0.2) is 5.70 Å². The highest BCUT2D eigenvalue weighted by Crippen LogP contribution is 2.31. The molecule has 0 radical (unpaired) electrons.